The topological polar surface area (TPSA) is 123 Å². The Morgan fingerprint density at radius 2 is 1.97 bits per heavy atom. The molecule has 1 fully saturated rings. The van der Waals surface area contributed by atoms with E-state index in [1.54, 1.807) is 0 Å². The van der Waals surface area contributed by atoms with Gasteiger partial charge in [0.25, 0.3) is 0 Å². The average Bonchev–Trinajstić information content (AvgIpc) is 3.37. The number of nitrogens with zero attached hydrogens (tertiary/aromatic N) is 4. The fourth-order valence-electron chi connectivity index (χ4n) is 3.95. The van der Waals surface area contributed by atoms with Crippen LogP contribution < -0.4 is 20.9 Å². The number of anilines is 1. The van der Waals surface area contributed by atoms with Gasteiger partial charge in [-0.05, 0) is 53.2 Å². The van der Waals surface area contributed by atoms with E-state index in [1.165, 1.54) is 18.1 Å². The van der Waals surface area contributed by atoms with E-state index < -0.39 is 0 Å². The summed E-state index contributed by atoms with van der Waals surface area (Å²) in [6, 6.07) is 3.95. The minimum atomic E-state index is 0.0932. The van der Waals surface area contributed by atoms with Crippen LogP contribution in [-0.4, -0.2) is 45.6 Å². The van der Waals surface area contributed by atoms with Crippen LogP contribution in [0.25, 0.3) is 11.2 Å². The van der Waals surface area contributed by atoms with Gasteiger partial charge in [-0.25, -0.2) is 15.0 Å². The number of aryl methyl sites for hydroxylation is 1. The lowest BCUT2D eigenvalue weighted by atomic mass is 9.90. The Balaban J connectivity index is 1.44. The summed E-state index contributed by atoms with van der Waals surface area (Å²) >= 11 is 5.14. The molecule has 5 rings (SSSR count). The summed E-state index contributed by atoms with van der Waals surface area (Å²) in [5, 5.41) is 0.779. The predicted octanol–water partition coefficient (Wildman–Crippen LogP) is 3.19. The molecular formula is C20H23BrN6O3S. The zero-order chi connectivity index (χ0) is 21.4. The van der Waals surface area contributed by atoms with Crippen molar-refractivity contribution >= 4 is 44.7 Å². The summed E-state index contributed by atoms with van der Waals surface area (Å²) in [4.78, 5) is 14.3. The lowest BCUT2D eigenvalue weighted by Crippen LogP contribution is -2.35. The first-order chi connectivity index (χ1) is 15.1. The first-order valence-corrected chi connectivity index (χ1v) is 11.8. The van der Waals surface area contributed by atoms with Gasteiger partial charge in [-0.1, -0.05) is 11.8 Å². The van der Waals surface area contributed by atoms with Gasteiger partial charge in [0.05, 0.1) is 0 Å². The number of ether oxygens (including phenoxy) is 3. The Hall–Kier alpha value is -2.08. The molecule has 0 spiro atoms. The largest absolute Gasteiger partial charge is 0.454 e. The van der Waals surface area contributed by atoms with Gasteiger partial charge < -0.3 is 30.2 Å². The van der Waals surface area contributed by atoms with E-state index in [9.17, 15) is 0 Å². The number of nitrogen functional groups attached to an aromatic ring is 1. The van der Waals surface area contributed by atoms with Crippen LogP contribution in [0.4, 0.5) is 5.82 Å². The standard InChI is InChI=1S/C20H23BrN6O3S/c21-12-7-14-15(30-10-29-14)8-16(12)31-20-26-17-18(23)24-9-25-19(17)27(20)4-1-13(22)11-2-5-28-6-3-11/h7-9,11,13H,1-6,10,22H2,(H2,23,24,25). The first-order valence-electron chi connectivity index (χ1n) is 10.2. The second-order valence-electron chi connectivity index (χ2n) is 7.62. The lowest BCUT2D eigenvalue weighted by Gasteiger charge is -2.27. The Morgan fingerprint density at radius 1 is 1.19 bits per heavy atom. The third-order valence-corrected chi connectivity index (χ3v) is 7.68. The number of halogens is 1. The van der Waals surface area contributed by atoms with Crippen molar-refractivity contribution in [3.63, 3.8) is 0 Å². The van der Waals surface area contributed by atoms with E-state index in [2.05, 4.69) is 30.5 Å². The van der Waals surface area contributed by atoms with Crippen molar-refractivity contribution in [2.45, 2.75) is 41.9 Å². The number of fused-ring (bicyclic) bond motifs is 2. The van der Waals surface area contributed by atoms with Gasteiger partial charge >= 0.3 is 0 Å². The van der Waals surface area contributed by atoms with Crippen LogP contribution in [0, 0.1) is 5.92 Å². The van der Waals surface area contributed by atoms with E-state index in [-0.39, 0.29) is 12.8 Å². The molecule has 3 aromatic rings. The number of imidazole rings is 1. The average molecular weight is 507 g/mol. The van der Waals surface area contributed by atoms with Crippen LogP contribution in [0.15, 0.2) is 33.0 Å². The van der Waals surface area contributed by atoms with Gasteiger partial charge in [0.1, 0.15) is 6.33 Å². The summed E-state index contributed by atoms with van der Waals surface area (Å²) in [5.41, 5.74) is 13.9. The molecular weight excluding hydrogens is 484 g/mol. The molecule has 0 saturated carbocycles. The van der Waals surface area contributed by atoms with Gasteiger partial charge in [0.2, 0.25) is 6.79 Å². The van der Waals surface area contributed by atoms with Crippen molar-refractivity contribution in [3.8, 4) is 11.5 Å². The third-order valence-electron chi connectivity index (χ3n) is 5.71. The maximum absolute atomic E-state index is 6.54. The van der Waals surface area contributed by atoms with Gasteiger partial charge in [0, 0.05) is 35.2 Å². The van der Waals surface area contributed by atoms with Crippen molar-refractivity contribution < 1.29 is 14.2 Å². The van der Waals surface area contributed by atoms with Gasteiger partial charge in [-0.2, -0.15) is 0 Å². The molecule has 0 radical (unpaired) electrons. The molecule has 0 bridgehead atoms. The summed E-state index contributed by atoms with van der Waals surface area (Å²) < 4.78 is 19.4. The van der Waals surface area contributed by atoms with Gasteiger partial charge in [-0.3, -0.25) is 0 Å². The highest BCUT2D eigenvalue weighted by molar-refractivity contribution is 9.10. The SMILES string of the molecule is Nc1ncnc2c1nc(Sc1cc3c(cc1Br)OCO3)n2CCC(N)C1CCOCC1. The van der Waals surface area contributed by atoms with Crippen LogP contribution in [0.1, 0.15) is 19.3 Å². The molecule has 0 aliphatic carbocycles. The van der Waals surface area contributed by atoms with E-state index in [1.807, 2.05) is 12.1 Å². The highest BCUT2D eigenvalue weighted by Crippen LogP contribution is 2.43. The maximum Gasteiger partial charge on any atom is 0.231 e. The normalized spacial score (nSPS) is 17.4. The molecule has 164 valence electrons. The molecule has 31 heavy (non-hydrogen) atoms. The number of hydrogen-bond acceptors (Lipinski definition) is 9. The Labute approximate surface area is 192 Å². The van der Waals surface area contributed by atoms with Gasteiger partial charge in [-0.15, -0.1) is 0 Å². The maximum atomic E-state index is 6.54. The van der Waals surface area contributed by atoms with E-state index in [0.29, 0.717) is 35.2 Å². The number of nitrogens with two attached hydrogens (primary N) is 2. The molecule has 4 heterocycles. The summed E-state index contributed by atoms with van der Waals surface area (Å²) in [6.45, 7) is 2.49. The molecule has 4 N–H and O–H groups in total. The Kier molecular flexibility index (Phi) is 5.91. The first kappa shape index (κ1) is 20.8. The molecule has 2 aromatic heterocycles. The minimum Gasteiger partial charge on any atom is -0.454 e. The van der Waals surface area contributed by atoms with Crippen molar-refractivity contribution in [1.82, 2.24) is 19.5 Å². The van der Waals surface area contributed by atoms with Crippen LogP contribution >= 0.6 is 27.7 Å². The second-order valence-corrected chi connectivity index (χ2v) is 9.48. The van der Waals surface area contributed by atoms with Crippen molar-refractivity contribution in [3.05, 3.63) is 22.9 Å². The molecule has 0 amide bonds. The smallest absolute Gasteiger partial charge is 0.231 e. The Bertz CT molecular complexity index is 1100. The summed E-state index contributed by atoms with van der Waals surface area (Å²) in [5.74, 6) is 2.28. The summed E-state index contributed by atoms with van der Waals surface area (Å²) in [6.07, 6.45) is 4.30. The molecule has 1 aromatic carbocycles. The monoisotopic (exact) mass is 506 g/mol. The minimum absolute atomic E-state index is 0.0932. The fourth-order valence-corrected chi connectivity index (χ4v) is 5.46. The number of rotatable bonds is 6. The number of benzene rings is 1. The molecule has 1 unspecified atom stereocenters. The third kappa shape index (κ3) is 4.19. The van der Waals surface area contributed by atoms with Crippen LogP contribution in [-0.2, 0) is 11.3 Å². The Morgan fingerprint density at radius 3 is 2.77 bits per heavy atom. The highest BCUT2D eigenvalue weighted by atomic mass is 79.9. The second kappa shape index (κ2) is 8.81. The number of aromatic nitrogens is 4. The van der Waals surface area contributed by atoms with Crippen LogP contribution in [0.5, 0.6) is 11.5 Å². The lowest BCUT2D eigenvalue weighted by molar-refractivity contribution is 0.0570. The molecule has 2 aliphatic heterocycles. The van der Waals surface area contributed by atoms with E-state index in [4.69, 9.17) is 30.7 Å². The quantitative estimate of drug-likeness (QED) is 0.518. The zero-order valence-electron chi connectivity index (χ0n) is 16.8. The van der Waals surface area contributed by atoms with E-state index in [0.717, 1.165) is 52.8 Å². The summed E-state index contributed by atoms with van der Waals surface area (Å²) in [7, 11) is 0. The van der Waals surface area contributed by atoms with Crippen LogP contribution in [0.3, 0.4) is 0 Å². The number of hydrogen-bond donors (Lipinski definition) is 2. The highest BCUT2D eigenvalue weighted by Gasteiger charge is 2.24. The molecule has 9 nitrogen and oxygen atoms in total. The predicted molar refractivity (Wildman–Crippen MR) is 120 cm³/mol. The van der Waals surface area contributed by atoms with E-state index >= 15 is 0 Å². The molecule has 1 saturated heterocycles. The van der Waals surface area contributed by atoms with Crippen molar-refractivity contribution in [2.75, 3.05) is 25.7 Å². The molecule has 2 aliphatic rings. The zero-order valence-corrected chi connectivity index (χ0v) is 19.2. The van der Waals surface area contributed by atoms with Crippen molar-refractivity contribution in [2.24, 2.45) is 11.7 Å². The van der Waals surface area contributed by atoms with Crippen molar-refractivity contribution in [1.29, 1.82) is 0 Å². The van der Waals surface area contributed by atoms with Gasteiger partial charge in [0.15, 0.2) is 33.6 Å². The molecule has 1 atom stereocenters. The van der Waals surface area contributed by atoms with Crippen LogP contribution in [0.2, 0.25) is 0 Å². The fraction of sp³-hybridized carbons (Fsp3) is 0.450. The molecule has 11 heteroatoms.